The van der Waals surface area contributed by atoms with E-state index < -0.39 is 0 Å². The summed E-state index contributed by atoms with van der Waals surface area (Å²) in [6.45, 7) is 4.38. The van der Waals surface area contributed by atoms with Crippen LogP contribution in [0.3, 0.4) is 0 Å². The van der Waals surface area contributed by atoms with Crippen LogP contribution in [0.15, 0.2) is 24.3 Å². The molecule has 0 bridgehead atoms. The normalized spacial score (nSPS) is 26.1. The molecule has 1 fully saturated rings. The molecule has 2 nitrogen and oxygen atoms in total. The highest BCUT2D eigenvalue weighted by Gasteiger charge is 2.35. The number of hydrogen-bond donors (Lipinski definition) is 0. The average molecular weight is 206 g/mol. The fraction of sp³-hybridized carbons (Fsp3) is 0.538. The van der Waals surface area contributed by atoms with Crippen LogP contribution in [0.5, 0.6) is 5.75 Å². The predicted molar refractivity (Wildman–Crippen MR) is 60.4 cm³/mol. The number of methoxy groups -OCH3 is 1. The molecule has 1 aliphatic heterocycles. The Morgan fingerprint density at radius 1 is 1.33 bits per heavy atom. The lowest BCUT2D eigenvalue weighted by Crippen LogP contribution is -1.99. The lowest BCUT2D eigenvalue weighted by atomic mass is 9.95. The molecule has 1 aromatic rings. The van der Waals surface area contributed by atoms with Crippen LogP contribution in [-0.2, 0) is 4.74 Å². The summed E-state index contributed by atoms with van der Waals surface area (Å²) in [7, 11) is 1.69. The number of rotatable bonds is 4. The van der Waals surface area contributed by atoms with Gasteiger partial charge in [-0.2, -0.15) is 0 Å². The van der Waals surface area contributed by atoms with E-state index in [0.717, 1.165) is 12.2 Å². The lowest BCUT2D eigenvalue weighted by Gasteiger charge is -2.10. The topological polar surface area (TPSA) is 21.8 Å². The summed E-state index contributed by atoms with van der Waals surface area (Å²) >= 11 is 0. The van der Waals surface area contributed by atoms with E-state index in [2.05, 4.69) is 26.0 Å². The third-order valence-electron chi connectivity index (χ3n) is 3.11. The maximum absolute atomic E-state index is 5.43. The summed E-state index contributed by atoms with van der Waals surface area (Å²) in [5.74, 6) is 1.48. The minimum Gasteiger partial charge on any atom is -0.497 e. The fourth-order valence-electron chi connectivity index (χ4n) is 1.89. The van der Waals surface area contributed by atoms with Crippen molar-refractivity contribution in [2.24, 2.45) is 0 Å². The Kier molecular flexibility index (Phi) is 2.96. The maximum atomic E-state index is 5.43. The van der Waals surface area contributed by atoms with Crippen molar-refractivity contribution in [1.82, 2.24) is 0 Å². The Hall–Kier alpha value is -1.02. The molecule has 0 aromatic heterocycles. The van der Waals surface area contributed by atoms with E-state index in [-0.39, 0.29) is 0 Å². The molecule has 1 aromatic carbocycles. The van der Waals surface area contributed by atoms with Gasteiger partial charge < -0.3 is 9.47 Å². The molecule has 1 aliphatic rings. The Balaban J connectivity index is 1.95. The molecule has 0 N–H and O–H groups in total. The zero-order valence-electron chi connectivity index (χ0n) is 9.57. The summed E-state index contributed by atoms with van der Waals surface area (Å²) in [5.41, 5.74) is 1.36. The van der Waals surface area contributed by atoms with E-state index in [1.807, 2.05) is 12.1 Å². The molecular weight excluding hydrogens is 188 g/mol. The second-order valence-electron chi connectivity index (χ2n) is 4.29. The highest BCUT2D eigenvalue weighted by Crippen LogP contribution is 2.32. The van der Waals surface area contributed by atoms with E-state index in [1.165, 1.54) is 5.56 Å². The van der Waals surface area contributed by atoms with Gasteiger partial charge in [-0.3, -0.25) is 0 Å². The van der Waals surface area contributed by atoms with Gasteiger partial charge in [-0.1, -0.05) is 19.1 Å². The summed E-state index contributed by atoms with van der Waals surface area (Å²) in [6.07, 6.45) is 2.06. The van der Waals surface area contributed by atoms with E-state index >= 15 is 0 Å². The monoisotopic (exact) mass is 206 g/mol. The van der Waals surface area contributed by atoms with Crippen molar-refractivity contribution >= 4 is 0 Å². The van der Waals surface area contributed by atoms with Crippen LogP contribution in [0.2, 0.25) is 0 Å². The minimum atomic E-state index is 0.464. The molecule has 0 spiro atoms. The van der Waals surface area contributed by atoms with Gasteiger partial charge in [0.05, 0.1) is 19.3 Å². The van der Waals surface area contributed by atoms with E-state index in [0.29, 0.717) is 18.1 Å². The Labute approximate surface area is 91.2 Å². The van der Waals surface area contributed by atoms with Crippen molar-refractivity contribution in [3.8, 4) is 5.75 Å². The summed E-state index contributed by atoms with van der Waals surface area (Å²) in [6, 6.07) is 8.30. The molecule has 0 aliphatic carbocycles. The van der Waals surface area contributed by atoms with Crippen LogP contribution in [0.1, 0.15) is 31.7 Å². The largest absolute Gasteiger partial charge is 0.497 e. The van der Waals surface area contributed by atoms with Gasteiger partial charge in [0.25, 0.3) is 0 Å². The van der Waals surface area contributed by atoms with Crippen molar-refractivity contribution in [1.29, 1.82) is 0 Å². The fourth-order valence-corrected chi connectivity index (χ4v) is 1.89. The molecule has 15 heavy (non-hydrogen) atoms. The van der Waals surface area contributed by atoms with E-state index in [1.54, 1.807) is 7.11 Å². The Morgan fingerprint density at radius 3 is 2.40 bits per heavy atom. The number of epoxide rings is 1. The molecular formula is C13H18O2. The first-order valence-electron chi connectivity index (χ1n) is 5.50. The van der Waals surface area contributed by atoms with Crippen LogP contribution in [0.25, 0.3) is 0 Å². The molecule has 0 amide bonds. The van der Waals surface area contributed by atoms with Crippen molar-refractivity contribution in [3.05, 3.63) is 29.8 Å². The van der Waals surface area contributed by atoms with Crippen LogP contribution >= 0.6 is 0 Å². The van der Waals surface area contributed by atoms with Gasteiger partial charge in [0.15, 0.2) is 0 Å². The third-order valence-corrected chi connectivity index (χ3v) is 3.11. The number of hydrogen-bond acceptors (Lipinski definition) is 2. The predicted octanol–water partition coefficient (Wildman–Crippen LogP) is 2.98. The SMILES string of the molecule is COc1ccc(C(C)CC2OC2C)cc1. The van der Waals surface area contributed by atoms with Gasteiger partial charge in [0.1, 0.15) is 5.75 Å². The second-order valence-corrected chi connectivity index (χ2v) is 4.29. The van der Waals surface area contributed by atoms with E-state index in [4.69, 9.17) is 9.47 Å². The molecule has 3 atom stereocenters. The maximum Gasteiger partial charge on any atom is 0.118 e. The first-order valence-corrected chi connectivity index (χ1v) is 5.50. The zero-order chi connectivity index (χ0) is 10.8. The quantitative estimate of drug-likeness (QED) is 0.706. The molecule has 82 valence electrons. The van der Waals surface area contributed by atoms with Crippen molar-refractivity contribution in [2.75, 3.05) is 7.11 Å². The zero-order valence-corrected chi connectivity index (χ0v) is 9.57. The highest BCUT2D eigenvalue weighted by atomic mass is 16.6. The molecule has 3 unspecified atom stereocenters. The van der Waals surface area contributed by atoms with Gasteiger partial charge in [-0.05, 0) is 37.0 Å². The smallest absolute Gasteiger partial charge is 0.118 e. The number of ether oxygens (including phenoxy) is 2. The molecule has 2 rings (SSSR count). The Morgan fingerprint density at radius 2 is 1.93 bits per heavy atom. The van der Waals surface area contributed by atoms with Crippen molar-refractivity contribution < 1.29 is 9.47 Å². The van der Waals surface area contributed by atoms with Gasteiger partial charge in [0.2, 0.25) is 0 Å². The third kappa shape index (κ3) is 2.51. The average Bonchev–Trinajstić information content (AvgIpc) is 2.94. The molecule has 0 saturated carbocycles. The first-order chi connectivity index (χ1) is 7.20. The lowest BCUT2D eigenvalue weighted by molar-refractivity contribution is 0.362. The molecule has 1 heterocycles. The Bertz CT molecular complexity index is 318. The van der Waals surface area contributed by atoms with Gasteiger partial charge in [-0.25, -0.2) is 0 Å². The summed E-state index contributed by atoms with van der Waals surface area (Å²) < 4.78 is 10.6. The van der Waals surface area contributed by atoms with Crippen LogP contribution in [-0.4, -0.2) is 19.3 Å². The number of benzene rings is 1. The van der Waals surface area contributed by atoms with Crippen LogP contribution in [0, 0.1) is 0 Å². The molecule has 0 radical (unpaired) electrons. The molecule has 1 saturated heterocycles. The van der Waals surface area contributed by atoms with Crippen molar-refractivity contribution in [3.63, 3.8) is 0 Å². The van der Waals surface area contributed by atoms with Crippen LogP contribution in [0.4, 0.5) is 0 Å². The summed E-state index contributed by atoms with van der Waals surface area (Å²) in [5, 5.41) is 0. The van der Waals surface area contributed by atoms with E-state index in [9.17, 15) is 0 Å². The standard InChI is InChI=1S/C13H18O2/c1-9(8-13-10(2)15-13)11-4-6-12(14-3)7-5-11/h4-7,9-10,13H,8H2,1-3H3. The summed E-state index contributed by atoms with van der Waals surface area (Å²) in [4.78, 5) is 0. The van der Waals surface area contributed by atoms with Crippen molar-refractivity contribution in [2.45, 2.75) is 38.4 Å². The molecule has 2 heteroatoms. The highest BCUT2D eigenvalue weighted by molar-refractivity contribution is 5.29. The van der Waals surface area contributed by atoms with Gasteiger partial charge >= 0.3 is 0 Å². The van der Waals surface area contributed by atoms with Crippen LogP contribution < -0.4 is 4.74 Å². The van der Waals surface area contributed by atoms with Gasteiger partial charge in [-0.15, -0.1) is 0 Å². The minimum absolute atomic E-state index is 0.464. The van der Waals surface area contributed by atoms with Gasteiger partial charge in [0, 0.05) is 0 Å². The second kappa shape index (κ2) is 4.23. The first kappa shape index (κ1) is 10.5.